The fourth-order valence-corrected chi connectivity index (χ4v) is 1.95. The summed E-state index contributed by atoms with van der Waals surface area (Å²) in [4.78, 5) is 4.10. The van der Waals surface area contributed by atoms with Gasteiger partial charge in [-0.05, 0) is 28.8 Å². The summed E-state index contributed by atoms with van der Waals surface area (Å²) in [6, 6.07) is 16.7. The van der Waals surface area contributed by atoms with Gasteiger partial charge in [0.1, 0.15) is 0 Å². The van der Waals surface area contributed by atoms with Crippen LogP contribution in [0.15, 0.2) is 59.6 Å². The molecule has 1 heterocycles. The molecule has 2 aromatic carbocycles. The van der Waals surface area contributed by atoms with Gasteiger partial charge in [-0.25, -0.2) is 0 Å². The number of H-pyrrole nitrogens is 1. The molecule has 0 amide bonds. The summed E-state index contributed by atoms with van der Waals surface area (Å²) in [5, 5.41) is 25.7. The predicted octanol–water partition coefficient (Wildman–Crippen LogP) is 1.50. The summed E-state index contributed by atoms with van der Waals surface area (Å²) in [6.45, 7) is 0. The summed E-state index contributed by atoms with van der Waals surface area (Å²) in [5.74, 6) is 0.286. The Morgan fingerprint density at radius 3 is 2.71 bits per heavy atom. The Kier molecular flexibility index (Phi) is 3.68. The van der Waals surface area contributed by atoms with Gasteiger partial charge in [-0.2, -0.15) is 5.21 Å². The van der Waals surface area contributed by atoms with E-state index in [0.29, 0.717) is 11.5 Å². The van der Waals surface area contributed by atoms with E-state index in [2.05, 4.69) is 25.6 Å². The smallest absolute Gasteiger partial charge is 0.204 e. The van der Waals surface area contributed by atoms with Gasteiger partial charge < -0.3 is 5.11 Å². The highest BCUT2D eigenvalue weighted by Crippen LogP contribution is 2.20. The molecule has 1 N–H and O–H groups in total. The maximum atomic E-state index is 12.0. The first-order valence-corrected chi connectivity index (χ1v) is 6.43. The van der Waals surface area contributed by atoms with E-state index >= 15 is 0 Å². The van der Waals surface area contributed by atoms with Crippen LogP contribution in [0, 0.1) is 0 Å². The lowest BCUT2D eigenvalue weighted by molar-refractivity contribution is -0.217. The topological polar surface area (TPSA) is 89.9 Å². The van der Waals surface area contributed by atoms with Crippen LogP contribution >= 0.6 is 0 Å². The summed E-state index contributed by atoms with van der Waals surface area (Å²) < 4.78 is 0. The standard InChI is InChI=1S/C15H13N5O/c21-14(9-11-5-2-1-3-6-11)16-13-8-4-7-12(10-13)15-17-19-20-18-15/h1-8,10H,9H2,(H,16,21)(H,17,18,19,20)/p-1. The van der Waals surface area contributed by atoms with Crippen LogP contribution in [0.5, 0.6) is 0 Å². The van der Waals surface area contributed by atoms with Crippen LogP contribution in [-0.4, -0.2) is 26.5 Å². The summed E-state index contributed by atoms with van der Waals surface area (Å²) in [7, 11) is 0. The van der Waals surface area contributed by atoms with Gasteiger partial charge in [0.05, 0.1) is 5.69 Å². The van der Waals surface area contributed by atoms with Crippen molar-refractivity contribution in [1.29, 1.82) is 0 Å². The number of nitrogens with one attached hydrogen (secondary N) is 1. The molecule has 0 aliphatic heterocycles. The van der Waals surface area contributed by atoms with Crippen LogP contribution < -0.4 is 5.11 Å². The van der Waals surface area contributed by atoms with Gasteiger partial charge in [0.2, 0.25) is 5.82 Å². The third-order valence-corrected chi connectivity index (χ3v) is 2.90. The first-order chi connectivity index (χ1) is 10.3. The maximum Gasteiger partial charge on any atom is 0.204 e. The molecule has 1 aromatic heterocycles. The Morgan fingerprint density at radius 1 is 1.10 bits per heavy atom. The monoisotopic (exact) mass is 278 g/mol. The second kappa shape index (κ2) is 5.96. The van der Waals surface area contributed by atoms with Gasteiger partial charge in [0, 0.05) is 12.0 Å². The number of hydrogen-bond donors (Lipinski definition) is 1. The first-order valence-electron chi connectivity index (χ1n) is 6.43. The molecule has 0 atom stereocenters. The average Bonchev–Trinajstić information content (AvgIpc) is 3.02. The van der Waals surface area contributed by atoms with Crippen molar-refractivity contribution in [2.75, 3.05) is 0 Å². The van der Waals surface area contributed by atoms with Crippen molar-refractivity contribution in [2.24, 2.45) is 4.99 Å². The van der Waals surface area contributed by atoms with Gasteiger partial charge in [-0.3, -0.25) is 4.99 Å². The Bertz CT molecular complexity index is 738. The molecule has 0 fully saturated rings. The van der Waals surface area contributed by atoms with E-state index in [9.17, 15) is 5.11 Å². The molecule has 6 nitrogen and oxygen atoms in total. The highest BCUT2D eigenvalue weighted by atomic mass is 16.3. The predicted molar refractivity (Wildman–Crippen MR) is 76.9 cm³/mol. The van der Waals surface area contributed by atoms with E-state index < -0.39 is 0 Å². The quantitative estimate of drug-likeness (QED) is 0.578. The zero-order valence-electron chi connectivity index (χ0n) is 11.1. The van der Waals surface area contributed by atoms with Crippen molar-refractivity contribution >= 4 is 11.6 Å². The van der Waals surface area contributed by atoms with Crippen molar-refractivity contribution in [3.8, 4) is 11.4 Å². The second-order valence-corrected chi connectivity index (χ2v) is 4.45. The van der Waals surface area contributed by atoms with Crippen LogP contribution in [0.1, 0.15) is 5.56 Å². The van der Waals surface area contributed by atoms with Crippen molar-refractivity contribution in [2.45, 2.75) is 6.42 Å². The Labute approximate surface area is 121 Å². The minimum absolute atomic E-state index is 0.188. The molecule has 0 aliphatic rings. The van der Waals surface area contributed by atoms with Crippen molar-refractivity contribution < 1.29 is 5.11 Å². The zero-order valence-corrected chi connectivity index (χ0v) is 11.1. The van der Waals surface area contributed by atoms with E-state index in [1.165, 1.54) is 0 Å². The molecule has 0 saturated heterocycles. The van der Waals surface area contributed by atoms with Gasteiger partial charge in [-0.1, -0.05) is 42.5 Å². The van der Waals surface area contributed by atoms with Gasteiger partial charge >= 0.3 is 0 Å². The molecular weight excluding hydrogens is 266 g/mol. The normalized spacial score (nSPS) is 11.5. The number of nitrogens with zero attached hydrogens (tertiary/aromatic N) is 4. The van der Waals surface area contributed by atoms with Crippen molar-refractivity contribution in [1.82, 2.24) is 20.6 Å². The van der Waals surface area contributed by atoms with E-state index in [4.69, 9.17) is 0 Å². The SMILES string of the molecule is [O-]C(Cc1ccccc1)=Nc1cccc(-c2nn[nH]n2)c1. The van der Waals surface area contributed by atoms with Crippen molar-refractivity contribution in [3.63, 3.8) is 0 Å². The zero-order chi connectivity index (χ0) is 14.5. The number of aromatic amines is 1. The second-order valence-electron chi connectivity index (χ2n) is 4.45. The fraction of sp³-hybridized carbons (Fsp3) is 0.0667. The fourth-order valence-electron chi connectivity index (χ4n) is 1.95. The molecule has 6 heteroatoms. The van der Waals surface area contributed by atoms with Gasteiger partial charge in [-0.15, -0.1) is 10.2 Å². The lowest BCUT2D eigenvalue weighted by Crippen LogP contribution is -2.19. The molecule has 0 saturated carbocycles. The largest absolute Gasteiger partial charge is 0.861 e. The number of benzene rings is 2. The lowest BCUT2D eigenvalue weighted by Gasteiger charge is -2.10. The van der Waals surface area contributed by atoms with Crippen LogP contribution in [0.3, 0.4) is 0 Å². The molecule has 0 unspecified atom stereocenters. The molecule has 0 bridgehead atoms. The molecule has 0 spiro atoms. The highest BCUT2D eigenvalue weighted by Gasteiger charge is 2.02. The van der Waals surface area contributed by atoms with Crippen molar-refractivity contribution in [3.05, 3.63) is 60.2 Å². The molecule has 21 heavy (non-hydrogen) atoms. The van der Waals surface area contributed by atoms with E-state index in [1.807, 2.05) is 36.4 Å². The third kappa shape index (κ3) is 3.30. The number of aliphatic imine (C=N–C) groups is 1. The Morgan fingerprint density at radius 2 is 1.95 bits per heavy atom. The van der Waals surface area contributed by atoms with Gasteiger partial charge in [0.25, 0.3) is 0 Å². The highest BCUT2D eigenvalue weighted by molar-refractivity contribution is 5.78. The molecule has 3 rings (SSSR count). The summed E-state index contributed by atoms with van der Waals surface area (Å²) in [6.07, 6.45) is 0.285. The Hall–Kier alpha value is -3.02. The Balaban J connectivity index is 1.81. The summed E-state index contributed by atoms with van der Waals surface area (Å²) in [5.41, 5.74) is 2.29. The third-order valence-electron chi connectivity index (χ3n) is 2.90. The number of tetrazole rings is 1. The molecule has 0 radical (unpaired) electrons. The van der Waals surface area contributed by atoms with Crippen LogP contribution in [-0.2, 0) is 6.42 Å². The average molecular weight is 278 g/mol. The first kappa shape index (κ1) is 13.0. The number of hydrogen-bond acceptors (Lipinski definition) is 5. The minimum atomic E-state index is -0.188. The summed E-state index contributed by atoms with van der Waals surface area (Å²) >= 11 is 0. The van der Waals surface area contributed by atoms with Crippen LogP contribution in [0.25, 0.3) is 11.4 Å². The lowest BCUT2D eigenvalue weighted by atomic mass is 10.1. The molecule has 0 aliphatic carbocycles. The van der Waals surface area contributed by atoms with E-state index in [1.54, 1.807) is 18.2 Å². The minimum Gasteiger partial charge on any atom is -0.861 e. The number of rotatable bonds is 4. The molecular formula is C15H12N5O-. The molecule has 104 valence electrons. The maximum absolute atomic E-state index is 12.0. The van der Waals surface area contributed by atoms with Crippen LogP contribution in [0.4, 0.5) is 5.69 Å². The van der Waals surface area contributed by atoms with Gasteiger partial charge in [0.15, 0.2) is 0 Å². The molecule has 3 aromatic rings. The number of aromatic nitrogens is 4. The van der Waals surface area contributed by atoms with E-state index in [0.717, 1.165) is 11.1 Å². The van der Waals surface area contributed by atoms with Crippen LogP contribution in [0.2, 0.25) is 0 Å². The van der Waals surface area contributed by atoms with E-state index in [-0.39, 0.29) is 12.3 Å².